The SMILES string of the molecule is COc1cc(C(=O)NCC(O)(c2cccc(F)c2)c2cc3c(c(-c4cccc(Cl)c4C#N)n2)OC[C@]3(C)C(N)=O)cc2cn(C3(F)CC3)nc12. The molecule has 3 heterocycles. The highest BCUT2D eigenvalue weighted by molar-refractivity contribution is 6.32. The van der Waals surface area contributed by atoms with E-state index in [1.54, 1.807) is 19.1 Å². The number of nitrogens with zero attached hydrogens (tertiary/aromatic N) is 4. The second-order valence-corrected chi connectivity index (χ2v) is 13.1. The van der Waals surface area contributed by atoms with Crippen LogP contribution >= 0.6 is 11.6 Å². The molecule has 14 heteroatoms. The maximum Gasteiger partial charge on any atom is 0.251 e. The molecule has 1 aliphatic carbocycles. The zero-order valence-corrected chi connectivity index (χ0v) is 27.5. The molecular formula is C36H29ClF2N6O5. The highest BCUT2D eigenvalue weighted by atomic mass is 35.5. The van der Waals surface area contributed by atoms with Crippen molar-refractivity contribution in [1.29, 1.82) is 5.26 Å². The van der Waals surface area contributed by atoms with Gasteiger partial charge in [0.05, 0.1) is 29.9 Å². The van der Waals surface area contributed by atoms with Crippen molar-refractivity contribution < 1.29 is 33.0 Å². The Morgan fingerprint density at radius 2 is 1.98 bits per heavy atom. The summed E-state index contributed by atoms with van der Waals surface area (Å²) in [5, 5.41) is 30.2. The number of primary amides is 1. The fourth-order valence-electron chi connectivity index (χ4n) is 6.14. The van der Waals surface area contributed by atoms with E-state index in [1.807, 2.05) is 0 Å². The number of alkyl halides is 1. The largest absolute Gasteiger partial charge is 0.494 e. The van der Waals surface area contributed by atoms with Gasteiger partial charge in [-0.1, -0.05) is 35.9 Å². The summed E-state index contributed by atoms with van der Waals surface area (Å²) in [6.45, 7) is 0.876. The van der Waals surface area contributed by atoms with Crippen LogP contribution in [-0.2, 0) is 21.6 Å². The Morgan fingerprint density at radius 3 is 2.66 bits per heavy atom. The Bertz CT molecular complexity index is 2290. The Balaban J connectivity index is 1.35. The summed E-state index contributed by atoms with van der Waals surface area (Å²) < 4.78 is 42.2. The number of amides is 2. The van der Waals surface area contributed by atoms with Crippen molar-refractivity contribution in [2.45, 2.75) is 36.6 Å². The quantitative estimate of drug-likeness (QED) is 0.194. The number of hydrogen-bond donors (Lipinski definition) is 3. The molecule has 3 aromatic carbocycles. The van der Waals surface area contributed by atoms with E-state index in [2.05, 4.69) is 16.5 Å². The number of carbonyl (C=O) groups is 2. The first-order valence-corrected chi connectivity index (χ1v) is 15.9. The number of nitrogens with one attached hydrogen (secondary N) is 1. The van der Waals surface area contributed by atoms with E-state index in [1.165, 1.54) is 60.5 Å². The average molecular weight is 699 g/mol. The first kappa shape index (κ1) is 32.9. The van der Waals surface area contributed by atoms with Crippen molar-refractivity contribution in [2.24, 2.45) is 5.73 Å². The van der Waals surface area contributed by atoms with Crippen molar-refractivity contribution in [3.05, 3.63) is 106 Å². The second-order valence-electron chi connectivity index (χ2n) is 12.7. The third-order valence-electron chi connectivity index (χ3n) is 9.36. The fourth-order valence-corrected chi connectivity index (χ4v) is 6.36. The first-order chi connectivity index (χ1) is 23.8. The van der Waals surface area contributed by atoms with E-state index in [0.29, 0.717) is 23.7 Å². The zero-order chi connectivity index (χ0) is 35.6. The lowest BCUT2D eigenvalue weighted by Gasteiger charge is -2.30. The lowest BCUT2D eigenvalue weighted by molar-refractivity contribution is -0.123. The molecule has 0 spiro atoms. The van der Waals surface area contributed by atoms with Crippen LogP contribution in [0.1, 0.15) is 52.5 Å². The molecule has 2 amide bonds. The number of pyridine rings is 1. The number of ether oxygens (including phenoxy) is 2. The molecule has 11 nitrogen and oxygen atoms in total. The lowest BCUT2D eigenvalue weighted by Crippen LogP contribution is -2.43. The van der Waals surface area contributed by atoms with Crippen molar-refractivity contribution >= 4 is 34.3 Å². The second kappa shape index (κ2) is 11.8. The van der Waals surface area contributed by atoms with Crippen molar-refractivity contribution in [3.63, 3.8) is 0 Å². The van der Waals surface area contributed by atoms with Crippen LogP contribution < -0.4 is 20.5 Å². The van der Waals surface area contributed by atoms with Gasteiger partial charge in [-0.25, -0.2) is 18.4 Å². The van der Waals surface area contributed by atoms with E-state index in [-0.39, 0.29) is 62.3 Å². The van der Waals surface area contributed by atoms with Crippen LogP contribution in [0.5, 0.6) is 11.5 Å². The highest BCUT2D eigenvalue weighted by Crippen LogP contribution is 2.48. The van der Waals surface area contributed by atoms with Gasteiger partial charge in [0.15, 0.2) is 0 Å². The predicted molar refractivity (Wildman–Crippen MR) is 178 cm³/mol. The topological polar surface area (TPSA) is 165 Å². The molecule has 4 N–H and O–H groups in total. The Morgan fingerprint density at radius 1 is 1.22 bits per heavy atom. The number of hydrogen-bond acceptors (Lipinski definition) is 8. The molecule has 7 rings (SSSR count). The average Bonchev–Trinajstić information content (AvgIpc) is 3.54. The number of halogens is 3. The summed E-state index contributed by atoms with van der Waals surface area (Å²) >= 11 is 6.37. The van der Waals surface area contributed by atoms with Crippen LogP contribution in [0.25, 0.3) is 22.2 Å². The molecule has 0 bridgehead atoms. The maximum atomic E-state index is 14.8. The highest BCUT2D eigenvalue weighted by Gasteiger charge is 2.47. The summed E-state index contributed by atoms with van der Waals surface area (Å²) in [5.41, 5.74) is 3.31. The number of benzene rings is 3. The van der Waals surface area contributed by atoms with Crippen LogP contribution in [0.2, 0.25) is 5.02 Å². The normalized spacial score (nSPS) is 18.4. The number of methoxy groups -OCH3 is 1. The summed E-state index contributed by atoms with van der Waals surface area (Å²) in [4.78, 5) is 31.3. The van der Waals surface area contributed by atoms with Gasteiger partial charge >= 0.3 is 0 Å². The molecule has 254 valence electrons. The molecule has 2 atom stereocenters. The molecule has 1 aliphatic heterocycles. The molecule has 0 saturated heterocycles. The third-order valence-corrected chi connectivity index (χ3v) is 9.67. The van der Waals surface area contributed by atoms with Gasteiger partial charge < -0.3 is 25.6 Å². The van der Waals surface area contributed by atoms with Crippen LogP contribution in [0, 0.1) is 17.1 Å². The Labute approximate surface area is 289 Å². The molecule has 2 aromatic heterocycles. The predicted octanol–water partition coefficient (Wildman–Crippen LogP) is 4.99. The number of nitriles is 1. The van der Waals surface area contributed by atoms with E-state index < -0.39 is 41.0 Å². The van der Waals surface area contributed by atoms with Crippen LogP contribution in [-0.4, -0.2) is 51.9 Å². The van der Waals surface area contributed by atoms with Gasteiger partial charge in [0, 0.05) is 41.1 Å². The van der Waals surface area contributed by atoms with E-state index in [4.69, 9.17) is 31.8 Å². The number of aromatic nitrogens is 3. The van der Waals surface area contributed by atoms with Crippen LogP contribution in [0.4, 0.5) is 8.78 Å². The first-order valence-electron chi connectivity index (χ1n) is 15.5. The molecule has 0 radical (unpaired) electrons. The standard InChI is InChI=1S/C36H29ClF2N6O5/c1-34(33(41)47)18-50-31-25(34)14-28(43-30(31)23-7-4-8-26(37)24(23)15-40)36(48,21-5-3-6-22(38)13-21)17-42-32(46)19-11-20-16-45(35(39)9-10-35)44-29(20)27(12-19)49-2/h3-8,11-14,16,48H,9-10,17-18H2,1-2H3,(H2,41,47)(H,42,46)/t34-,36?/m0/s1. The van der Waals surface area contributed by atoms with Crippen molar-refractivity contribution in [3.8, 4) is 28.8 Å². The molecule has 1 fully saturated rings. The molecule has 1 saturated carbocycles. The Hall–Kier alpha value is -5.58. The number of nitrogens with two attached hydrogens (primary N) is 1. The molecular weight excluding hydrogens is 670 g/mol. The van der Waals surface area contributed by atoms with Gasteiger partial charge in [-0.05, 0) is 48.9 Å². The van der Waals surface area contributed by atoms with Gasteiger partial charge in [-0.15, -0.1) is 0 Å². The summed E-state index contributed by atoms with van der Waals surface area (Å²) in [6, 6.07) is 16.3. The summed E-state index contributed by atoms with van der Waals surface area (Å²) in [7, 11) is 1.40. The van der Waals surface area contributed by atoms with Gasteiger partial charge in [-0.2, -0.15) is 10.4 Å². The van der Waals surface area contributed by atoms with E-state index in [0.717, 1.165) is 6.07 Å². The van der Waals surface area contributed by atoms with Crippen LogP contribution in [0.3, 0.4) is 0 Å². The third kappa shape index (κ3) is 5.28. The Kier molecular flexibility index (Phi) is 7.77. The minimum absolute atomic E-state index is 0.0227. The van der Waals surface area contributed by atoms with Crippen LogP contribution in [0.15, 0.2) is 66.9 Å². The fraction of sp³-hybridized carbons (Fsp3) is 0.250. The number of carbonyl (C=O) groups excluding carboxylic acids is 2. The molecule has 5 aromatic rings. The molecule has 1 unspecified atom stereocenters. The van der Waals surface area contributed by atoms with Crippen molar-refractivity contribution in [1.82, 2.24) is 20.1 Å². The number of rotatable bonds is 9. The summed E-state index contributed by atoms with van der Waals surface area (Å²) in [5.74, 6) is -3.23. The minimum Gasteiger partial charge on any atom is -0.494 e. The molecule has 50 heavy (non-hydrogen) atoms. The minimum atomic E-state index is -2.22. The lowest BCUT2D eigenvalue weighted by atomic mass is 9.80. The summed E-state index contributed by atoms with van der Waals surface area (Å²) in [6.07, 6.45) is 2.16. The van der Waals surface area contributed by atoms with E-state index in [9.17, 15) is 28.7 Å². The van der Waals surface area contributed by atoms with Gasteiger partial charge in [0.25, 0.3) is 5.91 Å². The maximum absolute atomic E-state index is 14.8. The monoisotopic (exact) mass is 698 g/mol. The zero-order valence-electron chi connectivity index (χ0n) is 26.8. The number of aliphatic hydroxyl groups is 1. The smallest absolute Gasteiger partial charge is 0.251 e. The molecule has 2 aliphatic rings. The van der Waals surface area contributed by atoms with Crippen molar-refractivity contribution in [2.75, 3.05) is 20.3 Å². The van der Waals surface area contributed by atoms with Gasteiger partial charge in [0.1, 0.15) is 52.2 Å². The van der Waals surface area contributed by atoms with Gasteiger partial charge in [0.2, 0.25) is 11.7 Å². The van der Waals surface area contributed by atoms with E-state index >= 15 is 0 Å². The number of fused-ring (bicyclic) bond motifs is 2. The van der Waals surface area contributed by atoms with Gasteiger partial charge in [-0.3, -0.25) is 9.59 Å².